The maximum absolute atomic E-state index is 12.6. The zero-order valence-corrected chi connectivity index (χ0v) is 9.81. The number of nitrogens with one attached hydrogen (secondary N) is 1. The van der Waals surface area contributed by atoms with E-state index in [0.29, 0.717) is 10.6 Å². The van der Waals surface area contributed by atoms with Gasteiger partial charge in [0, 0.05) is 16.7 Å². The van der Waals surface area contributed by atoms with Crippen molar-refractivity contribution in [1.82, 2.24) is 5.32 Å². The Bertz CT molecular complexity index is 322. The Hall–Kier alpha value is -0.740. The monoisotopic (exact) mass is 229 g/mol. The van der Waals surface area contributed by atoms with Gasteiger partial charge in [0.2, 0.25) is 0 Å². The summed E-state index contributed by atoms with van der Waals surface area (Å²) in [6, 6.07) is 6.08. The van der Waals surface area contributed by atoms with E-state index in [1.54, 1.807) is 12.1 Å². The molecule has 0 aliphatic rings. The Kier molecular flexibility index (Phi) is 4.91. The normalized spacial score (nSPS) is 14.9. The first kappa shape index (κ1) is 12.3. The molecule has 0 aliphatic heterocycles. The molecule has 84 valence electrons. The maximum Gasteiger partial charge on any atom is 0.123 e. The van der Waals surface area contributed by atoms with Crippen molar-refractivity contribution >= 4 is 10.8 Å². The fourth-order valence-corrected chi connectivity index (χ4v) is 2.67. The predicted octanol–water partition coefficient (Wildman–Crippen LogP) is 1.93. The molecule has 2 nitrogen and oxygen atoms in total. The number of halogens is 1. The number of hydrogen-bond acceptors (Lipinski definition) is 2. The van der Waals surface area contributed by atoms with Crippen molar-refractivity contribution in [3.05, 3.63) is 30.1 Å². The van der Waals surface area contributed by atoms with E-state index in [1.807, 2.05) is 14.0 Å². The Labute approximate surface area is 92.3 Å². The van der Waals surface area contributed by atoms with E-state index in [0.717, 1.165) is 6.42 Å². The molecule has 1 N–H and O–H groups in total. The standard InChI is InChI=1S/C11H16FNOS/c1-3-10(13-2)8-15(14)11-6-4-9(12)5-7-11/h4-7,10,13H,3,8H2,1-2H3. The van der Waals surface area contributed by atoms with Gasteiger partial charge in [-0.25, -0.2) is 4.39 Å². The summed E-state index contributed by atoms with van der Waals surface area (Å²) < 4.78 is 24.5. The third-order valence-electron chi connectivity index (χ3n) is 2.33. The molecule has 0 aromatic heterocycles. The summed E-state index contributed by atoms with van der Waals surface area (Å²) in [7, 11) is 0.806. The van der Waals surface area contributed by atoms with E-state index in [9.17, 15) is 8.60 Å². The van der Waals surface area contributed by atoms with Gasteiger partial charge < -0.3 is 5.32 Å². The Balaban J connectivity index is 2.64. The van der Waals surface area contributed by atoms with Gasteiger partial charge in [-0.05, 0) is 37.7 Å². The van der Waals surface area contributed by atoms with Crippen LogP contribution < -0.4 is 5.32 Å². The van der Waals surface area contributed by atoms with Crippen molar-refractivity contribution in [2.24, 2.45) is 0 Å². The van der Waals surface area contributed by atoms with E-state index >= 15 is 0 Å². The van der Waals surface area contributed by atoms with Crippen molar-refractivity contribution in [3.8, 4) is 0 Å². The van der Waals surface area contributed by atoms with Crippen LogP contribution in [0.5, 0.6) is 0 Å². The second-order valence-electron chi connectivity index (χ2n) is 3.36. The molecule has 0 heterocycles. The molecule has 4 heteroatoms. The lowest BCUT2D eigenvalue weighted by molar-refractivity contribution is 0.589. The van der Waals surface area contributed by atoms with E-state index < -0.39 is 10.8 Å². The van der Waals surface area contributed by atoms with Crippen molar-refractivity contribution in [2.45, 2.75) is 24.3 Å². The van der Waals surface area contributed by atoms with Gasteiger partial charge in [0.25, 0.3) is 0 Å². The highest BCUT2D eigenvalue weighted by atomic mass is 32.2. The average molecular weight is 229 g/mol. The van der Waals surface area contributed by atoms with Crippen LogP contribution in [0.4, 0.5) is 4.39 Å². The van der Waals surface area contributed by atoms with Crippen molar-refractivity contribution in [2.75, 3.05) is 12.8 Å². The lowest BCUT2D eigenvalue weighted by atomic mass is 10.3. The Morgan fingerprint density at radius 3 is 2.47 bits per heavy atom. The number of hydrogen-bond donors (Lipinski definition) is 1. The van der Waals surface area contributed by atoms with Gasteiger partial charge in [-0.2, -0.15) is 0 Å². The zero-order chi connectivity index (χ0) is 11.3. The minimum atomic E-state index is -1.05. The van der Waals surface area contributed by atoms with Crippen molar-refractivity contribution in [1.29, 1.82) is 0 Å². The summed E-state index contributed by atoms with van der Waals surface area (Å²) in [4.78, 5) is 0.685. The highest BCUT2D eigenvalue weighted by molar-refractivity contribution is 7.85. The van der Waals surface area contributed by atoms with E-state index in [4.69, 9.17) is 0 Å². The second-order valence-corrected chi connectivity index (χ2v) is 4.86. The first-order valence-electron chi connectivity index (χ1n) is 4.98. The molecule has 0 aliphatic carbocycles. The fraction of sp³-hybridized carbons (Fsp3) is 0.455. The van der Waals surface area contributed by atoms with E-state index in [2.05, 4.69) is 5.32 Å². The van der Waals surface area contributed by atoms with Crippen LogP contribution in [-0.2, 0) is 10.8 Å². The third-order valence-corrected chi connectivity index (χ3v) is 3.83. The largest absolute Gasteiger partial charge is 0.316 e. The van der Waals surface area contributed by atoms with Gasteiger partial charge in [-0.15, -0.1) is 0 Å². The summed E-state index contributed by atoms with van der Waals surface area (Å²) >= 11 is 0. The van der Waals surface area contributed by atoms with Crippen LogP contribution in [0.25, 0.3) is 0 Å². The van der Waals surface area contributed by atoms with Crippen LogP contribution in [0.2, 0.25) is 0 Å². The van der Waals surface area contributed by atoms with E-state index in [-0.39, 0.29) is 11.9 Å². The van der Waals surface area contributed by atoms with Gasteiger partial charge in [-0.3, -0.25) is 4.21 Å². The smallest absolute Gasteiger partial charge is 0.123 e. The molecule has 2 atom stereocenters. The maximum atomic E-state index is 12.6. The van der Waals surface area contributed by atoms with E-state index in [1.165, 1.54) is 12.1 Å². The van der Waals surface area contributed by atoms with Gasteiger partial charge in [-0.1, -0.05) is 6.92 Å². The SMILES string of the molecule is CCC(CS(=O)c1ccc(F)cc1)NC. The molecular formula is C11H16FNOS. The van der Waals surface area contributed by atoms with Crippen LogP contribution in [-0.4, -0.2) is 23.1 Å². The van der Waals surface area contributed by atoms with Gasteiger partial charge in [0.05, 0.1) is 10.8 Å². The molecular weight excluding hydrogens is 213 g/mol. The summed E-state index contributed by atoms with van der Waals surface area (Å²) in [5.41, 5.74) is 0. The van der Waals surface area contributed by atoms with Crippen molar-refractivity contribution in [3.63, 3.8) is 0 Å². The highest BCUT2D eigenvalue weighted by Gasteiger charge is 2.10. The molecule has 1 rings (SSSR count). The van der Waals surface area contributed by atoms with Crippen LogP contribution in [0.15, 0.2) is 29.2 Å². The van der Waals surface area contributed by atoms with Crippen LogP contribution in [0.1, 0.15) is 13.3 Å². The lowest BCUT2D eigenvalue weighted by Gasteiger charge is -2.12. The Morgan fingerprint density at radius 1 is 1.40 bits per heavy atom. The molecule has 1 aromatic carbocycles. The van der Waals surface area contributed by atoms with Gasteiger partial charge in [0.15, 0.2) is 0 Å². The first-order chi connectivity index (χ1) is 7.17. The summed E-state index contributed by atoms with van der Waals surface area (Å²) in [5.74, 6) is 0.273. The predicted molar refractivity (Wildman–Crippen MR) is 60.8 cm³/mol. The molecule has 0 saturated carbocycles. The van der Waals surface area contributed by atoms with Gasteiger partial charge in [0.1, 0.15) is 5.82 Å². The molecule has 1 aromatic rings. The summed E-state index contributed by atoms with van der Waals surface area (Å²) in [6.45, 7) is 2.04. The quantitative estimate of drug-likeness (QED) is 0.836. The number of rotatable bonds is 5. The molecule has 0 radical (unpaired) electrons. The first-order valence-corrected chi connectivity index (χ1v) is 6.30. The summed E-state index contributed by atoms with van der Waals surface area (Å²) in [5, 5.41) is 3.10. The van der Waals surface area contributed by atoms with Crippen LogP contribution in [0.3, 0.4) is 0 Å². The molecule has 0 bridgehead atoms. The van der Waals surface area contributed by atoms with Gasteiger partial charge >= 0.3 is 0 Å². The van der Waals surface area contributed by atoms with Crippen LogP contribution >= 0.6 is 0 Å². The zero-order valence-electron chi connectivity index (χ0n) is 9.00. The summed E-state index contributed by atoms with van der Waals surface area (Å²) in [6.07, 6.45) is 0.934. The molecule has 0 fully saturated rings. The molecule has 0 spiro atoms. The fourth-order valence-electron chi connectivity index (χ4n) is 1.27. The lowest BCUT2D eigenvalue weighted by Crippen LogP contribution is -2.30. The number of benzene rings is 1. The molecule has 15 heavy (non-hydrogen) atoms. The Morgan fingerprint density at radius 2 is 2.00 bits per heavy atom. The minimum Gasteiger partial charge on any atom is -0.316 e. The third kappa shape index (κ3) is 3.72. The molecule has 0 saturated heterocycles. The average Bonchev–Trinajstić information content (AvgIpc) is 2.26. The minimum absolute atomic E-state index is 0.246. The highest BCUT2D eigenvalue weighted by Crippen LogP contribution is 2.09. The van der Waals surface area contributed by atoms with Crippen molar-refractivity contribution < 1.29 is 8.60 Å². The topological polar surface area (TPSA) is 29.1 Å². The second kappa shape index (κ2) is 5.98. The van der Waals surface area contributed by atoms with Crippen LogP contribution in [0, 0.1) is 5.82 Å². The molecule has 2 unspecified atom stereocenters. The molecule has 0 amide bonds.